The van der Waals surface area contributed by atoms with E-state index < -0.39 is 0 Å². The fourth-order valence-corrected chi connectivity index (χ4v) is 2.82. The van der Waals surface area contributed by atoms with Crippen molar-refractivity contribution in [2.45, 2.75) is 12.5 Å². The van der Waals surface area contributed by atoms with Gasteiger partial charge in [-0.2, -0.15) is 0 Å². The van der Waals surface area contributed by atoms with Gasteiger partial charge in [-0.1, -0.05) is 22.9 Å². The first kappa shape index (κ1) is 14.4. The highest BCUT2D eigenvalue weighted by molar-refractivity contribution is 9.10. The molecule has 0 aliphatic rings. The van der Waals surface area contributed by atoms with Gasteiger partial charge in [0.15, 0.2) is 4.60 Å². The zero-order valence-electron chi connectivity index (χ0n) is 10.5. The fourth-order valence-electron chi connectivity index (χ4n) is 1.98. The molecule has 0 aliphatic heterocycles. The second-order valence-corrected chi connectivity index (χ2v) is 5.29. The van der Waals surface area contributed by atoms with Gasteiger partial charge in [0.05, 0.1) is 11.7 Å². The van der Waals surface area contributed by atoms with E-state index in [9.17, 15) is 4.39 Å². The molecule has 0 aliphatic carbocycles. The molecule has 0 amide bonds. The number of halogens is 3. The summed E-state index contributed by atoms with van der Waals surface area (Å²) in [5.74, 6) is -0.306. The number of likely N-dealkylation sites (N-methyl/N-ethyl adjacent to an activating group) is 1. The Bertz CT molecular complexity index is 547. The minimum atomic E-state index is -0.306. The van der Waals surface area contributed by atoms with Crippen molar-refractivity contribution in [3.8, 4) is 0 Å². The second kappa shape index (κ2) is 5.98. The van der Waals surface area contributed by atoms with Crippen molar-refractivity contribution in [3.63, 3.8) is 0 Å². The van der Waals surface area contributed by atoms with E-state index in [0.717, 1.165) is 5.69 Å². The largest absolute Gasteiger partial charge is 0.311 e. The van der Waals surface area contributed by atoms with Crippen molar-refractivity contribution in [1.29, 1.82) is 0 Å². The molecule has 0 saturated heterocycles. The normalized spacial score (nSPS) is 12.7. The molecule has 1 aromatic carbocycles. The highest BCUT2D eigenvalue weighted by Gasteiger charge is 2.21. The third-order valence-corrected chi connectivity index (χ3v) is 3.89. The third-order valence-electron chi connectivity index (χ3n) is 2.98. The van der Waals surface area contributed by atoms with Gasteiger partial charge in [0.1, 0.15) is 5.82 Å². The lowest BCUT2D eigenvalue weighted by atomic mass is 10.0. The predicted octanol–water partition coefficient (Wildman–Crippen LogP) is 2.87. The van der Waals surface area contributed by atoms with Crippen LogP contribution in [0.5, 0.6) is 0 Å². The van der Waals surface area contributed by atoms with Crippen LogP contribution in [0.25, 0.3) is 0 Å². The van der Waals surface area contributed by atoms with Crippen LogP contribution in [0.15, 0.2) is 22.8 Å². The van der Waals surface area contributed by atoms with Crippen molar-refractivity contribution < 1.29 is 4.39 Å². The maximum atomic E-state index is 13.8. The Morgan fingerprint density at radius 3 is 2.79 bits per heavy atom. The molecule has 19 heavy (non-hydrogen) atoms. The number of nitrogens with zero attached hydrogens (tertiary/aromatic N) is 3. The van der Waals surface area contributed by atoms with Gasteiger partial charge in [0.25, 0.3) is 0 Å². The summed E-state index contributed by atoms with van der Waals surface area (Å²) in [7, 11) is 3.60. The summed E-state index contributed by atoms with van der Waals surface area (Å²) in [5, 5.41) is 11.4. The van der Waals surface area contributed by atoms with E-state index in [1.54, 1.807) is 30.9 Å². The summed E-state index contributed by atoms with van der Waals surface area (Å²) in [5.41, 5.74) is 1.33. The Balaban J connectivity index is 2.35. The van der Waals surface area contributed by atoms with Gasteiger partial charge in [-0.05, 0) is 41.5 Å². The molecular weight excluding hydrogens is 335 g/mol. The molecule has 2 rings (SSSR count). The fraction of sp³-hybridized carbons (Fsp3) is 0.333. The van der Waals surface area contributed by atoms with E-state index >= 15 is 0 Å². The van der Waals surface area contributed by atoms with Crippen LogP contribution in [0, 0.1) is 5.82 Å². The Kier molecular flexibility index (Phi) is 4.54. The molecule has 1 heterocycles. The van der Waals surface area contributed by atoms with E-state index in [1.807, 2.05) is 0 Å². The Morgan fingerprint density at radius 2 is 2.26 bits per heavy atom. The number of rotatable bonds is 4. The Labute approximate surface area is 124 Å². The molecule has 0 fully saturated rings. The average molecular weight is 348 g/mol. The van der Waals surface area contributed by atoms with E-state index in [-0.39, 0.29) is 11.9 Å². The monoisotopic (exact) mass is 346 g/mol. The molecule has 1 atom stereocenters. The lowest BCUT2D eigenvalue weighted by Crippen LogP contribution is -2.22. The van der Waals surface area contributed by atoms with E-state index in [0.29, 0.717) is 21.6 Å². The molecule has 1 N–H and O–H groups in total. The maximum Gasteiger partial charge on any atom is 0.153 e. The first-order valence-corrected chi connectivity index (χ1v) is 6.87. The smallest absolute Gasteiger partial charge is 0.153 e. The topological polar surface area (TPSA) is 42.7 Å². The van der Waals surface area contributed by atoms with E-state index in [4.69, 9.17) is 11.6 Å². The summed E-state index contributed by atoms with van der Waals surface area (Å²) in [6.07, 6.45) is 0.418. The molecule has 0 spiro atoms. The highest BCUT2D eigenvalue weighted by Crippen LogP contribution is 2.28. The van der Waals surface area contributed by atoms with Crippen LogP contribution in [-0.2, 0) is 13.5 Å². The summed E-state index contributed by atoms with van der Waals surface area (Å²) in [4.78, 5) is 0. The first-order chi connectivity index (χ1) is 9.04. The van der Waals surface area contributed by atoms with Gasteiger partial charge in [0.2, 0.25) is 0 Å². The summed E-state index contributed by atoms with van der Waals surface area (Å²) in [6.45, 7) is 0. The van der Waals surface area contributed by atoms with Crippen molar-refractivity contribution in [3.05, 3.63) is 44.9 Å². The number of nitrogens with one attached hydrogen (secondary N) is 1. The van der Waals surface area contributed by atoms with Crippen LogP contribution < -0.4 is 5.32 Å². The minimum absolute atomic E-state index is 0.135. The second-order valence-electron chi connectivity index (χ2n) is 4.13. The number of aryl methyl sites for hydroxylation is 1. The van der Waals surface area contributed by atoms with Gasteiger partial charge >= 0.3 is 0 Å². The number of aromatic nitrogens is 3. The van der Waals surface area contributed by atoms with Crippen LogP contribution in [0.1, 0.15) is 17.3 Å². The van der Waals surface area contributed by atoms with Gasteiger partial charge in [0, 0.05) is 17.6 Å². The van der Waals surface area contributed by atoms with Crippen LogP contribution in [0.2, 0.25) is 5.02 Å². The minimum Gasteiger partial charge on any atom is -0.311 e. The van der Waals surface area contributed by atoms with Gasteiger partial charge in [-0.15, -0.1) is 5.10 Å². The molecule has 0 bridgehead atoms. The van der Waals surface area contributed by atoms with Crippen molar-refractivity contribution in [1.82, 2.24) is 20.3 Å². The Hall–Kier alpha value is -0.980. The molecule has 4 nitrogen and oxygen atoms in total. The lowest BCUT2D eigenvalue weighted by Gasteiger charge is -2.17. The molecule has 102 valence electrons. The summed E-state index contributed by atoms with van der Waals surface area (Å²) in [6, 6.07) is 4.55. The summed E-state index contributed by atoms with van der Waals surface area (Å²) < 4.78 is 16.1. The number of hydrogen-bond donors (Lipinski definition) is 1. The van der Waals surface area contributed by atoms with Gasteiger partial charge in [-0.3, -0.25) is 0 Å². The molecule has 2 aromatic rings. The zero-order valence-corrected chi connectivity index (χ0v) is 12.8. The van der Waals surface area contributed by atoms with Crippen molar-refractivity contribution in [2.75, 3.05) is 7.05 Å². The third kappa shape index (κ3) is 2.96. The van der Waals surface area contributed by atoms with E-state index in [1.165, 1.54) is 6.07 Å². The van der Waals surface area contributed by atoms with E-state index in [2.05, 4.69) is 31.6 Å². The molecular formula is C12H13BrClFN4. The quantitative estimate of drug-likeness (QED) is 0.925. The van der Waals surface area contributed by atoms with Crippen LogP contribution in [0.4, 0.5) is 4.39 Å². The summed E-state index contributed by atoms with van der Waals surface area (Å²) >= 11 is 9.40. The average Bonchev–Trinajstić information content (AvgIpc) is 2.70. The Morgan fingerprint density at radius 1 is 1.53 bits per heavy atom. The standard InChI is InChI=1S/C12H13BrClFN4/c1-16-10(11-12(13)17-18-19(11)2)6-7-8(14)4-3-5-9(7)15/h3-5,10,16H,6H2,1-2H3. The molecule has 7 heteroatoms. The molecule has 1 unspecified atom stereocenters. The number of benzene rings is 1. The molecule has 0 saturated carbocycles. The van der Waals surface area contributed by atoms with Gasteiger partial charge < -0.3 is 5.32 Å². The maximum absolute atomic E-state index is 13.8. The SMILES string of the molecule is CNC(Cc1c(F)cccc1Cl)c1c(Br)nnn1C. The van der Waals surface area contributed by atoms with Crippen molar-refractivity contribution >= 4 is 27.5 Å². The van der Waals surface area contributed by atoms with Crippen LogP contribution >= 0.6 is 27.5 Å². The van der Waals surface area contributed by atoms with Crippen LogP contribution in [-0.4, -0.2) is 22.0 Å². The number of hydrogen-bond acceptors (Lipinski definition) is 3. The molecule has 0 radical (unpaired) electrons. The first-order valence-electron chi connectivity index (χ1n) is 5.69. The predicted molar refractivity (Wildman–Crippen MR) is 75.6 cm³/mol. The zero-order chi connectivity index (χ0) is 14.0. The van der Waals surface area contributed by atoms with Gasteiger partial charge in [-0.25, -0.2) is 9.07 Å². The lowest BCUT2D eigenvalue weighted by molar-refractivity contribution is 0.516. The molecule has 1 aromatic heterocycles. The highest BCUT2D eigenvalue weighted by atomic mass is 79.9. The van der Waals surface area contributed by atoms with Crippen LogP contribution in [0.3, 0.4) is 0 Å². The van der Waals surface area contributed by atoms with Crippen molar-refractivity contribution in [2.24, 2.45) is 7.05 Å².